The number of benzene rings is 1. The van der Waals surface area contributed by atoms with Crippen molar-refractivity contribution in [2.75, 3.05) is 26.0 Å². The maximum atomic E-state index is 13.3. The van der Waals surface area contributed by atoms with Crippen LogP contribution in [0.1, 0.15) is 64.7 Å². The Labute approximate surface area is 203 Å². The first-order chi connectivity index (χ1) is 16.3. The molecule has 5 rings (SSSR count). The molecule has 0 radical (unpaired) electrons. The molecule has 1 aromatic rings. The maximum Gasteiger partial charge on any atom is 0.159 e. The molecular weight excluding hydrogens is 426 g/mol. The predicted octanol–water partition coefficient (Wildman–Crippen LogP) is 5.57. The number of nitrogen functional groups attached to an aromatic ring is 1. The van der Waals surface area contributed by atoms with Crippen LogP contribution in [0.25, 0.3) is 0 Å². The fourth-order valence-electron chi connectivity index (χ4n) is 8.76. The monoisotopic (exact) mass is 467 g/mol. The quantitative estimate of drug-likeness (QED) is 0.422. The Kier molecular flexibility index (Phi) is 6.58. The number of hydrogen-bond acceptors (Lipinski definition) is 6. The van der Waals surface area contributed by atoms with E-state index >= 15 is 0 Å². The highest BCUT2D eigenvalue weighted by atomic mass is 16.5. The summed E-state index contributed by atoms with van der Waals surface area (Å²) in [6.07, 6.45) is 9.89. The molecule has 4 fully saturated rings. The van der Waals surface area contributed by atoms with Gasteiger partial charge in [0.1, 0.15) is 12.2 Å². The number of anilines is 1. The fourth-order valence-corrected chi connectivity index (χ4v) is 8.76. The second-order valence-electron chi connectivity index (χ2n) is 11.9. The number of nitrogens with two attached hydrogens (primary N) is 1. The molecule has 0 bridgehead atoms. The van der Waals surface area contributed by atoms with Crippen LogP contribution in [0.4, 0.5) is 11.4 Å². The summed E-state index contributed by atoms with van der Waals surface area (Å²) in [4.78, 5) is 13.3. The van der Waals surface area contributed by atoms with Crippen LogP contribution in [0.5, 0.6) is 0 Å². The zero-order chi connectivity index (χ0) is 23.9. The highest BCUT2D eigenvalue weighted by molar-refractivity contribution is 5.84. The lowest BCUT2D eigenvalue weighted by Gasteiger charge is -2.57. The van der Waals surface area contributed by atoms with E-state index in [4.69, 9.17) is 10.5 Å². The molecule has 0 heterocycles. The second kappa shape index (κ2) is 9.34. The minimum Gasteiger partial charge on any atom is -0.397 e. The normalized spacial score (nSPS) is 41.6. The molecule has 0 spiro atoms. The summed E-state index contributed by atoms with van der Waals surface area (Å²) in [7, 11) is 1.69. The first-order valence-electron chi connectivity index (χ1n) is 13.3. The molecule has 0 saturated heterocycles. The van der Waals surface area contributed by atoms with Gasteiger partial charge < -0.3 is 15.6 Å². The van der Waals surface area contributed by atoms with Crippen LogP contribution in [0.3, 0.4) is 0 Å². The highest BCUT2D eigenvalue weighted by Gasteiger charge is 2.58. The van der Waals surface area contributed by atoms with Gasteiger partial charge in [0.25, 0.3) is 0 Å². The van der Waals surface area contributed by atoms with Crippen LogP contribution < -0.4 is 5.73 Å². The van der Waals surface area contributed by atoms with E-state index in [1.807, 2.05) is 18.2 Å². The van der Waals surface area contributed by atoms with Gasteiger partial charge in [-0.05, 0) is 105 Å². The van der Waals surface area contributed by atoms with E-state index in [0.717, 1.165) is 49.9 Å². The summed E-state index contributed by atoms with van der Waals surface area (Å²) in [5, 5.41) is 19.4. The molecule has 0 aliphatic heterocycles. The number of azo groups is 1. The molecule has 186 valence electrons. The van der Waals surface area contributed by atoms with Crippen LogP contribution in [0.2, 0.25) is 0 Å². The maximum absolute atomic E-state index is 13.3. The molecule has 3 N–H and O–H groups in total. The third-order valence-corrected chi connectivity index (χ3v) is 10.2. The number of nitrogens with zero attached hydrogens (tertiary/aromatic N) is 2. The lowest BCUT2D eigenvalue weighted by molar-refractivity contribution is -0.135. The van der Waals surface area contributed by atoms with Gasteiger partial charge >= 0.3 is 0 Å². The van der Waals surface area contributed by atoms with Gasteiger partial charge in [-0.3, -0.25) is 4.79 Å². The van der Waals surface area contributed by atoms with Crippen molar-refractivity contribution in [3.8, 4) is 0 Å². The van der Waals surface area contributed by atoms with Crippen molar-refractivity contribution in [3.05, 3.63) is 24.3 Å². The Balaban J connectivity index is 1.24. The summed E-state index contributed by atoms with van der Waals surface area (Å²) in [6.45, 7) is 3.00. The molecule has 4 aliphatic carbocycles. The van der Waals surface area contributed by atoms with E-state index in [2.05, 4.69) is 17.2 Å². The van der Waals surface area contributed by atoms with Crippen LogP contribution >= 0.6 is 0 Å². The average Bonchev–Trinajstić information content (AvgIpc) is 3.17. The third kappa shape index (κ3) is 4.21. The molecule has 34 heavy (non-hydrogen) atoms. The van der Waals surface area contributed by atoms with E-state index in [9.17, 15) is 9.90 Å². The molecule has 1 aromatic carbocycles. The van der Waals surface area contributed by atoms with Crippen molar-refractivity contribution in [2.24, 2.45) is 51.2 Å². The SMILES string of the molecule is COC[C@@]1(O)CC[C@H]2[C@@H](CC[C@@H]3[C@@H]2CC[C@]2(C)[C@@H](C(=O)CN=Nc4ccccc4N)CC[C@@H]32)C1. The number of para-hydroxylation sites is 1. The number of Topliss-reactive ketones (excluding diaryl/α,β-unsaturated/α-hetero) is 1. The lowest BCUT2D eigenvalue weighted by atomic mass is 9.49. The Morgan fingerprint density at radius 2 is 1.88 bits per heavy atom. The molecule has 0 amide bonds. The number of hydrogen-bond donors (Lipinski definition) is 2. The van der Waals surface area contributed by atoms with Gasteiger partial charge in [0, 0.05) is 13.0 Å². The van der Waals surface area contributed by atoms with Crippen LogP contribution in [-0.4, -0.2) is 36.8 Å². The van der Waals surface area contributed by atoms with Crippen LogP contribution in [0.15, 0.2) is 34.5 Å². The number of methoxy groups -OCH3 is 1. The van der Waals surface area contributed by atoms with Gasteiger partial charge in [0.05, 0.1) is 17.9 Å². The van der Waals surface area contributed by atoms with E-state index in [1.165, 1.54) is 25.7 Å². The number of fused-ring (bicyclic) bond motifs is 5. The van der Waals surface area contributed by atoms with Gasteiger partial charge in [0.2, 0.25) is 0 Å². The van der Waals surface area contributed by atoms with Crippen molar-refractivity contribution in [1.29, 1.82) is 0 Å². The zero-order valence-electron chi connectivity index (χ0n) is 20.8. The molecule has 6 nitrogen and oxygen atoms in total. The molecule has 8 atom stereocenters. The average molecular weight is 468 g/mol. The van der Waals surface area contributed by atoms with Gasteiger partial charge in [-0.1, -0.05) is 19.1 Å². The third-order valence-electron chi connectivity index (χ3n) is 10.2. The Morgan fingerprint density at radius 3 is 2.68 bits per heavy atom. The van der Waals surface area contributed by atoms with Crippen LogP contribution in [0, 0.1) is 40.9 Å². The number of rotatable bonds is 6. The molecule has 4 aliphatic rings. The zero-order valence-corrected chi connectivity index (χ0v) is 20.8. The topological polar surface area (TPSA) is 97.3 Å². The van der Waals surface area contributed by atoms with E-state index in [1.54, 1.807) is 13.2 Å². The number of aliphatic hydroxyl groups is 1. The number of carbonyl (C=O) groups is 1. The first kappa shape index (κ1) is 23.9. The van der Waals surface area contributed by atoms with Crippen LogP contribution in [-0.2, 0) is 9.53 Å². The van der Waals surface area contributed by atoms with Crippen molar-refractivity contribution >= 4 is 17.2 Å². The second-order valence-corrected chi connectivity index (χ2v) is 11.9. The summed E-state index contributed by atoms with van der Waals surface area (Å²) in [5.74, 6) is 3.85. The largest absolute Gasteiger partial charge is 0.397 e. The van der Waals surface area contributed by atoms with Gasteiger partial charge in [-0.2, -0.15) is 10.2 Å². The minimum atomic E-state index is -0.629. The van der Waals surface area contributed by atoms with E-state index < -0.39 is 5.60 Å². The summed E-state index contributed by atoms with van der Waals surface area (Å²) < 4.78 is 5.33. The molecule has 0 aromatic heterocycles. The smallest absolute Gasteiger partial charge is 0.159 e. The molecule has 0 unspecified atom stereocenters. The summed E-state index contributed by atoms with van der Waals surface area (Å²) >= 11 is 0. The van der Waals surface area contributed by atoms with Crippen molar-refractivity contribution in [1.82, 2.24) is 0 Å². The number of carbonyl (C=O) groups excluding carboxylic acids is 1. The molecule has 6 heteroatoms. The Bertz CT molecular complexity index is 935. The van der Waals surface area contributed by atoms with Gasteiger partial charge in [0.15, 0.2) is 5.78 Å². The van der Waals surface area contributed by atoms with E-state index in [0.29, 0.717) is 29.8 Å². The van der Waals surface area contributed by atoms with Crippen molar-refractivity contribution in [2.45, 2.75) is 70.3 Å². The van der Waals surface area contributed by atoms with Crippen molar-refractivity contribution < 1.29 is 14.6 Å². The van der Waals surface area contributed by atoms with Gasteiger partial charge in [-0.15, -0.1) is 0 Å². The van der Waals surface area contributed by atoms with E-state index in [-0.39, 0.29) is 23.7 Å². The summed E-state index contributed by atoms with van der Waals surface area (Å²) in [5.41, 5.74) is 6.63. The molecule has 4 saturated carbocycles. The standard InChI is InChI=1S/C28H41N3O3/c1-27-13-11-20-19-12-14-28(33,17-34-2)15-18(19)7-8-21(20)22(27)9-10-23(27)26(32)16-30-31-25-6-4-3-5-24(25)29/h3-6,18-23,33H,7-17,29H2,1-2H3/t18-,19-,20+,21+,22-,23+,27-,28+/m0/s1. The first-order valence-corrected chi connectivity index (χ1v) is 13.3. The fraction of sp³-hybridized carbons (Fsp3) is 0.750. The number of ether oxygens (including phenoxy) is 1. The van der Waals surface area contributed by atoms with Crippen molar-refractivity contribution in [3.63, 3.8) is 0 Å². The Morgan fingerprint density at radius 1 is 1.09 bits per heavy atom. The number of ketones is 1. The lowest BCUT2D eigenvalue weighted by Crippen LogP contribution is -2.52. The highest BCUT2D eigenvalue weighted by Crippen LogP contribution is 2.64. The molecular formula is C28H41N3O3. The summed E-state index contributed by atoms with van der Waals surface area (Å²) in [6, 6.07) is 7.38. The predicted molar refractivity (Wildman–Crippen MR) is 133 cm³/mol. The van der Waals surface area contributed by atoms with Gasteiger partial charge in [-0.25, -0.2) is 0 Å². The minimum absolute atomic E-state index is 0.0951. The Hall–Kier alpha value is -1.79.